The molecule has 0 heterocycles. The van der Waals surface area contributed by atoms with Crippen molar-refractivity contribution in [2.75, 3.05) is 13.1 Å². The topological polar surface area (TPSA) is 32.3 Å². The van der Waals surface area contributed by atoms with Gasteiger partial charge in [0.15, 0.2) is 0 Å². The number of benzene rings is 1. The Balaban J connectivity index is 2.69. The van der Waals surface area contributed by atoms with Crippen LogP contribution in [0.3, 0.4) is 0 Å². The van der Waals surface area contributed by atoms with Crippen LogP contribution in [-0.2, 0) is 0 Å². The molecule has 0 amide bonds. The minimum Gasteiger partial charge on any atom is -0.387 e. The molecule has 0 bridgehead atoms. The van der Waals surface area contributed by atoms with Gasteiger partial charge in [0, 0.05) is 23.7 Å². The Morgan fingerprint density at radius 1 is 1.42 bits per heavy atom. The molecule has 0 fully saturated rings. The molecular formula is C15H23ClFNO. The van der Waals surface area contributed by atoms with Gasteiger partial charge in [-0.25, -0.2) is 4.39 Å². The average molecular weight is 288 g/mol. The van der Waals surface area contributed by atoms with E-state index in [9.17, 15) is 9.50 Å². The van der Waals surface area contributed by atoms with Crippen LogP contribution in [0.1, 0.15) is 44.4 Å². The molecule has 1 rings (SSSR count). The fraction of sp³-hybridized carbons (Fsp3) is 0.600. The molecule has 19 heavy (non-hydrogen) atoms. The van der Waals surface area contributed by atoms with Crippen LogP contribution in [0.4, 0.5) is 4.39 Å². The van der Waals surface area contributed by atoms with Gasteiger partial charge in [-0.15, -0.1) is 0 Å². The molecule has 4 heteroatoms. The van der Waals surface area contributed by atoms with Crippen molar-refractivity contribution in [3.8, 4) is 0 Å². The van der Waals surface area contributed by atoms with Crippen LogP contribution < -0.4 is 5.32 Å². The molecule has 108 valence electrons. The van der Waals surface area contributed by atoms with Crippen molar-refractivity contribution >= 4 is 11.6 Å². The van der Waals surface area contributed by atoms with Gasteiger partial charge in [0.1, 0.15) is 5.82 Å². The number of hydrogen-bond donors (Lipinski definition) is 2. The van der Waals surface area contributed by atoms with Crippen molar-refractivity contribution < 1.29 is 9.50 Å². The molecule has 0 aliphatic carbocycles. The Morgan fingerprint density at radius 3 is 2.63 bits per heavy atom. The molecule has 0 aliphatic rings. The van der Waals surface area contributed by atoms with Crippen LogP contribution in [0.2, 0.25) is 5.02 Å². The van der Waals surface area contributed by atoms with E-state index >= 15 is 0 Å². The first kappa shape index (κ1) is 16.4. The lowest BCUT2D eigenvalue weighted by Gasteiger charge is -2.24. The van der Waals surface area contributed by atoms with Crippen LogP contribution in [0.5, 0.6) is 0 Å². The quantitative estimate of drug-likeness (QED) is 0.833. The van der Waals surface area contributed by atoms with E-state index in [1.807, 2.05) is 0 Å². The first-order valence-corrected chi connectivity index (χ1v) is 6.99. The van der Waals surface area contributed by atoms with Gasteiger partial charge >= 0.3 is 0 Å². The third-order valence-corrected chi connectivity index (χ3v) is 3.96. The van der Waals surface area contributed by atoms with Gasteiger partial charge in [-0.3, -0.25) is 0 Å². The monoisotopic (exact) mass is 287 g/mol. The zero-order valence-corrected chi connectivity index (χ0v) is 12.8. The lowest BCUT2D eigenvalue weighted by atomic mass is 9.90. The zero-order chi connectivity index (χ0) is 14.6. The highest BCUT2D eigenvalue weighted by Crippen LogP contribution is 2.28. The normalized spacial score (nSPS) is 13.6. The molecule has 0 spiro atoms. The molecule has 0 radical (unpaired) electrons. The summed E-state index contributed by atoms with van der Waals surface area (Å²) >= 11 is 6.04. The van der Waals surface area contributed by atoms with Gasteiger partial charge < -0.3 is 10.4 Å². The number of rotatable bonds is 6. The van der Waals surface area contributed by atoms with Crippen molar-refractivity contribution in [2.45, 2.75) is 40.2 Å². The van der Waals surface area contributed by atoms with E-state index in [0.717, 1.165) is 13.0 Å². The third kappa shape index (κ3) is 4.44. The minimum absolute atomic E-state index is 0.181. The number of hydrogen-bond acceptors (Lipinski definition) is 2. The highest BCUT2D eigenvalue weighted by molar-refractivity contribution is 6.31. The smallest absolute Gasteiger partial charge is 0.126 e. The predicted molar refractivity (Wildman–Crippen MR) is 78.0 cm³/mol. The lowest BCUT2D eigenvalue weighted by molar-refractivity contribution is 0.167. The number of aliphatic hydroxyl groups is 1. The molecule has 0 aliphatic heterocycles. The van der Waals surface area contributed by atoms with Gasteiger partial charge in [-0.05, 0) is 36.5 Å². The summed E-state index contributed by atoms with van der Waals surface area (Å²) < 4.78 is 13.5. The first-order chi connectivity index (χ1) is 8.78. The number of aliphatic hydroxyl groups excluding tert-OH is 1. The maximum atomic E-state index is 13.5. The summed E-state index contributed by atoms with van der Waals surface area (Å²) in [6, 6.07) is 2.81. The Labute approximate surface area is 120 Å². The Morgan fingerprint density at radius 2 is 2.05 bits per heavy atom. The molecule has 1 aromatic rings. The Kier molecular flexibility index (Phi) is 5.78. The minimum atomic E-state index is -0.796. The fourth-order valence-electron chi connectivity index (χ4n) is 1.85. The van der Waals surface area contributed by atoms with E-state index in [-0.39, 0.29) is 11.2 Å². The summed E-state index contributed by atoms with van der Waals surface area (Å²) in [7, 11) is 0. The standard InChI is InChI=1S/C15H23ClFNO/c1-5-15(3,4)9-18-8-13(19)14-10(2)12(17)7-6-11(14)16/h6-7,13,18-19H,5,8-9H2,1-4H3. The van der Waals surface area contributed by atoms with Gasteiger partial charge in [-0.2, -0.15) is 0 Å². The molecule has 0 saturated heterocycles. The van der Waals surface area contributed by atoms with Crippen LogP contribution >= 0.6 is 11.6 Å². The van der Waals surface area contributed by atoms with E-state index in [0.29, 0.717) is 22.7 Å². The van der Waals surface area contributed by atoms with Crippen LogP contribution in [0, 0.1) is 18.2 Å². The first-order valence-electron chi connectivity index (χ1n) is 6.62. The molecule has 2 N–H and O–H groups in total. The van der Waals surface area contributed by atoms with E-state index in [4.69, 9.17) is 11.6 Å². The van der Waals surface area contributed by atoms with Gasteiger partial charge in [0.25, 0.3) is 0 Å². The molecule has 0 aromatic heterocycles. The maximum Gasteiger partial charge on any atom is 0.126 e. The summed E-state index contributed by atoms with van der Waals surface area (Å²) in [6.07, 6.45) is 0.256. The number of nitrogens with one attached hydrogen (secondary N) is 1. The van der Waals surface area contributed by atoms with E-state index in [1.54, 1.807) is 6.92 Å². The Hall–Kier alpha value is -0.640. The van der Waals surface area contributed by atoms with Gasteiger partial charge in [0.05, 0.1) is 6.10 Å². The summed E-state index contributed by atoms with van der Waals surface area (Å²) in [5.41, 5.74) is 1.07. The Bertz CT molecular complexity index is 434. The number of halogens is 2. The largest absolute Gasteiger partial charge is 0.387 e. The molecule has 0 saturated carbocycles. The van der Waals surface area contributed by atoms with E-state index in [2.05, 4.69) is 26.1 Å². The summed E-state index contributed by atoms with van der Waals surface area (Å²) in [6.45, 7) is 9.25. The maximum absolute atomic E-state index is 13.5. The van der Waals surface area contributed by atoms with E-state index in [1.165, 1.54) is 12.1 Å². The lowest BCUT2D eigenvalue weighted by Crippen LogP contribution is -2.32. The van der Waals surface area contributed by atoms with Crippen LogP contribution in [0.25, 0.3) is 0 Å². The summed E-state index contributed by atoms with van der Waals surface area (Å²) in [4.78, 5) is 0. The molecule has 1 atom stereocenters. The predicted octanol–water partition coefficient (Wildman–Crippen LogP) is 3.85. The van der Waals surface area contributed by atoms with Gasteiger partial charge in [-0.1, -0.05) is 32.4 Å². The molecular weight excluding hydrogens is 265 g/mol. The van der Waals surface area contributed by atoms with Crippen molar-refractivity contribution in [1.29, 1.82) is 0 Å². The van der Waals surface area contributed by atoms with Crippen LogP contribution in [-0.4, -0.2) is 18.2 Å². The van der Waals surface area contributed by atoms with Crippen molar-refractivity contribution in [2.24, 2.45) is 5.41 Å². The SMILES string of the molecule is CCC(C)(C)CNCC(O)c1c(Cl)ccc(F)c1C. The van der Waals surface area contributed by atoms with Crippen molar-refractivity contribution in [3.05, 3.63) is 34.1 Å². The highest BCUT2D eigenvalue weighted by Gasteiger charge is 2.19. The van der Waals surface area contributed by atoms with E-state index < -0.39 is 6.10 Å². The molecule has 1 aromatic carbocycles. The second-order valence-corrected chi connectivity index (χ2v) is 6.14. The fourth-order valence-corrected chi connectivity index (χ4v) is 2.18. The zero-order valence-electron chi connectivity index (χ0n) is 12.1. The van der Waals surface area contributed by atoms with Crippen LogP contribution in [0.15, 0.2) is 12.1 Å². The molecule has 2 nitrogen and oxygen atoms in total. The summed E-state index contributed by atoms with van der Waals surface area (Å²) in [5, 5.41) is 13.8. The van der Waals surface area contributed by atoms with Crippen molar-refractivity contribution in [3.63, 3.8) is 0 Å². The summed E-state index contributed by atoms with van der Waals surface area (Å²) in [5.74, 6) is -0.340. The second-order valence-electron chi connectivity index (χ2n) is 5.73. The third-order valence-electron chi connectivity index (χ3n) is 3.63. The molecule has 1 unspecified atom stereocenters. The average Bonchev–Trinajstić information content (AvgIpc) is 2.34. The second kappa shape index (κ2) is 6.69. The van der Waals surface area contributed by atoms with Crippen molar-refractivity contribution in [1.82, 2.24) is 5.32 Å². The highest BCUT2D eigenvalue weighted by atomic mass is 35.5. The van der Waals surface area contributed by atoms with Gasteiger partial charge in [0.2, 0.25) is 0 Å².